The predicted octanol–water partition coefficient (Wildman–Crippen LogP) is 4.81. The van der Waals surface area contributed by atoms with Gasteiger partial charge >= 0.3 is 0 Å². The van der Waals surface area contributed by atoms with Crippen molar-refractivity contribution in [2.45, 2.75) is 25.8 Å². The lowest BCUT2D eigenvalue weighted by Crippen LogP contribution is -2.15. The number of anilines is 1. The summed E-state index contributed by atoms with van der Waals surface area (Å²) in [5.74, 6) is 0.275. The molecule has 2 aromatic carbocycles. The first-order valence-corrected chi connectivity index (χ1v) is 7.85. The number of hydrogen-bond donors (Lipinski definition) is 1. The van der Waals surface area contributed by atoms with Crippen LogP contribution in [0, 0.1) is 3.57 Å². The van der Waals surface area contributed by atoms with Gasteiger partial charge in [-0.1, -0.05) is 37.3 Å². The van der Waals surface area contributed by atoms with E-state index in [0.717, 1.165) is 11.3 Å². The van der Waals surface area contributed by atoms with E-state index in [2.05, 4.69) is 52.2 Å². The van der Waals surface area contributed by atoms with Crippen molar-refractivity contribution in [2.24, 2.45) is 0 Å². The van der Waals surface area contributed by atoms with Crippen LogP contribution in [-0.2, 0) is 4.79 Å². The van der Waals surface area contributed by atoms with Crippen molar-refractivity contribution in [3.05, 3.63) is 63.7 Å². The Kier molecular flexibility index (Phi) is 5.59. The molecule has 0 fully saturated rings. The molecule has 0 unspecified atom stereocenters. The van der Waals surface area contributed by atoms with Gasteiger partial charge in [0.2, 0.25) is 0 Å². The quantitative estimate of drug-likeness (QED) is 0.730. The molecule has 0 saturated heterocycles. The van der Waals surface area contributed by atoms with Crippen LogP contribution in [0.25, 0.3) is 0 Å². The molecule has 2 aromatic rings. The normalized spacial score (nSPS) is 11.9. The zero-order chi connectivity index (χ0) is 14.4. The van der Waals surface area contributed by atoms with Crippen molar-refractivity contribution in [1.29, 1.82) is 0 Å². The summed E-state index contributed by atoms with van der Waals surface area (Å²) in [5.41, 5.74) is 2.19. The Morgan fingerprint density at radius 1 is 1.10 bits per heavy atom. The fourth-order valence-electron chi connectivity index (χ4n) is 2.06. The molecule has 1 N–H and O–H groups in total. The Morgan fingerprint density at radius 2 is 1.75 bits per heavy atom. The third-order valence-electron chi connectivity index (χ3n) is 3.21. The summed E-state index contributed by atoms with van der Waals surface area (Å²) in [6, 6.07) is 18.4. The van der Waals surface area contributed by atoms with Crippen LogP contribution >= 0.6 is 22.6 Å². The van der Waals surface area contributed by atoms with Gasteiger partial charge in [-0.3, -0.25) is 4.79 Å². The molecule has 0 amide bonds. The second kappa shape index (κ2) is 7.43. The lowest BCUT2D eigenvalue weighted by Gasteiger charge is -2.20. The maximum absolute atomic E-state index is 11.8. The molecule has 1 atom stereocenters. The van der Waals surface area contributed by atoms with Gasteiger partial charge in [-0.2, -0.15) is 0 Å². The number of halogens is 1. The molecule has 0 heterocycles. The third kappa shape index (κ3) is 4.34. The molecule has 0 radical (unpaired) electrons. The summed E-state index contributed by atoms with van der Waals surface area (Å²) in [6.07, 6.45) is 1.10. The molecule has 2 nitrogen and oxygen atoms in total. The van der Waals surface area contributed by atoms with Crippen LogP contribution in [0.4, 0.5) is 5.69 Å². The second-order valence-electron chi connectivity index (χ2n) is 4.71. The van der Waals surface area contributed by atoms with Crippen LogP contribution in [0.2, 0.25) is 0 Å². The van der Waals surface area contributed by atoms with Crippen molar-refractivity contribution in [3.63, 3.8) is 0 Å². The minimum atomic E-state index is 0.0312. The van der Waals surface area contributed by atoms with Crippen molar-refractivity contribution in [1.82, 2.24) is 0 Å². The zero-order valence-corrected chi connectivity index (χ0v) is 13.6. The average molecular weight is 379 g/mol. The Balaban J connectivity index is 2.18. The molecule has 0 aliphatic heterocycles. The topological polar surface area (TPSA) is 29.1 Å². The van der Waals surface area contributed by atoms with E-state index in [-0.39, 0.29) is 11.8 Å². The molecule has 0 spiro atoms. The summed E-state index contributed by atoms with van der Waals surface area (Å²) >= 11 is 2.29. The number of hydrogen-bond acceptors (Lipinski definition) is 2. The standard InChI is InChI=1S/C17H18INO/c1-2-16(20)12-17(13-6-4-3-5-7-13)19-15-10-8-14(18)9-11-15/h3-11,17,19H,2,12H2,1H3/t17-/m0/s1. The van der Waals surface area contributed by atoms with Crippen LogP contribution in [0.5, 0.6) is 0 Å². The van der Waals surface area contributed by atoms with Gasteiger partial charge in [0.25, 0.3) is 0 Å². The summed E-state index contributed by atoms with van der Waals surface area (Å²) in [6.45, 7) is 1.91. The van der Waals surface area contributed by atoms with E-state index >= 15 is 0 Å². The van der Waals surface area contributed by atoms with E-state index in [1.165, 1.54) is 3.57 Å². The van der Waals surface area contributed by atoms with Gasteiger partial charge in [-0.05, 0) is 52.4 Å². The molecular weight excluding hydrogens is 361 g/mol. The van der Waals surface area contributed by atoms with Gasteiger partial charge in [0, 0.05) is 22.1 Å². The van der Waals surface area contributed by atoms with E-state index in [1.807, 2.05) is 37.3 Å². The first kappa shape index (κ1) is 15.0. The van der Waals surface area contributed by atoms with Gasteiger partial charge in [-0.25, -0.2) is 0 Å². The molecule has 0 aromatic heterocycles. The number of benzene rings is 2. The fourth-order valence-corrected chi connectivity index (χ4v) is 2.42. The van der Waals surface area contributed by atoms with Crippen molar-refractivity contribution in [3.8, 4) is 0 Å². The van der Waals surface area contributed by atoms with Crippen molar-refractivity contribution >= 4 is 34.1 Å². The predicted molar refractivity (Wildman–Crippen MR) is 91.9 cm³/mol. The van der Waals surface area contributed by atoms with Gasteiger partial charge < -0.3 is 5.32 Å². The maximum atomic E-state index is 11.8. The van der Waals surface area contributed by atoms with E-state index in [0.29, 0.717) is 12.8 Å². The van der Waals surface area contributed by atoms with Gasteiger partial charge in [0.15, 0.2) is 0 Å². The van der Waals surface area contributed by atoms with Gasteiger partial charge in [0.05, 0.1) is 6.04 Å². The van der Waals surface area contributed by atoms with Crippen LogP contribution in [-0.4, -0.2) is 5.78 Å². The van der Waals surface area contributed by atoms with E-state index in [9.17, 15) is 4.79 Å². The molecule has 104 valence electrons. The molecule has 0 aliphatic carbocycles. The number of rotatable bonds is 6. The zero-order valence-electron chi connectivity index (χ0n) is 11.5. The lowest BCUT2D eigenvalue weighted by atomic mass is 10.00. The molecule has 3 heteroatoms. The number of carbonyl (C=O) groups excluding carboxylic acids is 1. The summed E-state index contributed by atoms with van der Waals surface area (Å²) in [4.78, 5) is 11.8. The first-order valence-electron chi connectivity index (χ1n) is 6.77. The largest absolute Gasteiger partial charge is 0.378 e. The Morgan fingerprint density at radius 3 is 2.35 bits per heavy atom. The van der Waals surface area contributed by atoms with Gasteiger partial charge in [0.1, 0.15) is 5.78 Å². The number of nitrogens with one attached hydrogen (secondary N) is 1. The lowest BCUT2D eigenvalue weighted by molar-refractivity contribution is -0.119. The Hall–Kier alpha value is -1.36. The first-order chi connectivity index (χ1) is 9.69. The van der Waals surface area contributed by atoms with Crippen LogP contribution in [0.15, 0.2) is 54.6 Å². The van der Waals surface area contributed by atoms with E-state index in [1.54, 1.807) is 0 Å². The summed E-state index contributed by atoms with van der Waals surface area (Å²) in [5, 5.41) is 3.46. The SMILES string of the molecule is CCC(=O)C[C@H](Nc1ccc(I)cc1)c1ccccc1. The summed E-state index contributed by atoms with van der Waals surface area (Å²) in [7, 11) is 0. The molecule has 20 heavy (non-hydrogen) atoms. The second-order valence-corrected chi connectivity index (χ2v) is 5.96. The molecule has 2 rings (SSSR count). The Bertz CT molecular complexity index is 551. The fraction of sp³-hybridized carbons (Fsp3) is 0.235. The number of Topliss-reactive ketones (excluding diaryl/α,β-unsaturated/α-hetero) is 1. The van der Waals surface area contributed by atoms with Crippen molar-refractivity contribution in [2.75, 3.05) is 5.32 Å². The minimum Gasteiger partial charge on any atom is -0.378 e. The van der Waals surface area contributed by atoms with Crippen LogP contribution < -0.4 is 5.32 Å². The van der Waals surface area contributed by atoms with Crippen LogP contribution in [0.1, 0.15) is 31.4 Å². The maximum Gasteiger partial charge on any atom is 0.135 e. The minimum absolute atomic E-state index is 0.0312. The molecule has 0 aliphatic rings. The molecular formula is C17H18INO. The highest BCUT2D eigenvalue weighted by molar-refractivity contribution is 14.1. The van der Waals surface area contributed by atoms with E-state index in [4.69, 9.17) is 0 Å². The van der Waals surface area contributed by atoms with Crippen molar-refractivity contribution < 1.29 is 4.79 Å². The average Bonchev–Trinajstić information content (AvgIpc) is 2.49. The highest BCUT2D eigenvalue weighted by Gasteiger charge is 2.14. The highest BCUT2D eigenvalue weighted by Crippen LogP contribution is 2.24. The third-order valence-corrected chi connectivity index (χ3v) is 3.93. The number of ketones is 1. The highest BCUT2D eigenvalue weighted by atomic mass is 127. The molecule has 0 bridgehead atoms. The summed E-state index contributed by atoms with van der Waals surface area (Å²) < 4.78 is 1.20. The van der Waals surface area contributed by atoms with Gasteiger partial charge in [-0.15, -0.1) is 0 Å². The smallest absolute Gasteiger partial charge is 0.135 e. The van der Waals surface area contributed by atoms with E-state index < -0.39 is 0 Å². The molecule has 0 saturated carbocycles. The monoisotopic (exact) mass is 379 g/mol. The Labute approximate surface area is 133 Å². The number of carbonyl (C=O) groups is 1. The van der Waals surface area contributed by atoms with Crippen LogP contribution in [0.3, 0.4) is 0 Å².